The van der Waals surface area contributed by atoms with Crippen molar-refractivity contribution in [2.24, 2.45) is 0 Å². The summed E-state index contributed by atoms with van der Waals surface area (Å²) in [5.74, 6) is -0.410. The van der Waals surface area contributed by atoms with Crippen LogP contribution in [0.25, 0.3) is 0 Å². The van der Waals surface area contributed by atoms with Crippen molar-refractivity contribution >= 4 is 5.97 Å². The van der Waals surface area contributed by atoms with E-state index >= 15 is 0 Å². The van der Waals surface area contributed by atoms with Gasteiger partial charge in [0.2, 0.25) is 0 Å². The summed E-state index contributed by atoms with van der Waals surface area (Å²) in [7, 11) is 1.85. The summed E-state index contributed by atoms with van der Waals surface area (Å²) < 4.78 is 4.73. The minimum Gasteiger partial charge on any atom is -0.461 e. The first-order chi connectivity index (χ1) is 5.70. The number of carbonyl (C=O) groups is 1. The van der Waals surface area contributed by atoms with Crippen molar-refractivity contribution in [1.82, 2.24) is 4.90 Å². The van der Waals surface area contributed by atoms with Gasteiger partial charge >= 0.3 is 5.97 Å². The summed E-state index contributed by atoms with van der Waals surface area (Å²) in [5.41, 5.74) is 0. The highest BCUT2D eigenvalue weighted by Gasteiger charge is 1.98. The van der Waals surface area contributed by atoms with Crippen LogP contribution in [0.3, 0.4) is 0 Å². The van der Waals surface area contributed by atoms with Crippen molar-refractivity contribution in [3.05, 3.63) is 12.7 Å². The monoisotopic (exact) mass is 173 g/mol. The highest BCUT2D eigenvalue weighted by Crippen LogP contribution is 1.83. The summed E-state index contributed by atoms with van der Waals surface area (Å²) in [6.07, 6.45) is 1.13. The molecule has 0 saturated heterocycles. The Balaban J connectivity index is 3.30. The molecule has 0 aromatic rings. The Bertz CT molecular complexity index is 147. The normalized spacial score (nSPS) is 9.92. The molecule has 0 unspecified atom stereocenters. The fourth-order valence-corrected chi connectivity index (χ4v) is 0.644. The van der Waals surface area contributed by atoms with Crippen molar-refractivity contribution in [2.45, 2.75) is 0 Å². The topological polar surface area (TPSA) is 49.8 Å². The first-order valence-corrected chi connectivity index (χ1v) is 3.79. The minimum atomic E-state index is -0.410. The number of ether oxygens (including phenoxy) is 1. The highest BCUT2D eigenvalue weighted by atomic mass is 16.5. The number of nitrogens with zero attached hydrogens (tertiary/aromatic N) is 1. The van der Waals surface area contributed by atoms with Gasteiger partial charge in [0, 0.05) is 19.2 Å². The second-order valence-corrected chi connectivity index (χ2v) is 2.40. The predicted molar refractivity (Wildman–Crippen MR) is 45.7 cm³/mol. The van der Waals surface area contributed by atoms with Crippen LogP contribution in [0, 0.1) is 0 Å². The quantitative estimate of drug-likeness (QED) is 0.440. The molecule has 0 aromatic carbocycles. The van der Waals surface area contributed by atoms with Gasteiger partial charge in [-0.05, 0) is 7.05 Å². The molecule has 0 spiro atoms. The zero-order valence-corrected chi connectivity index (χ0v) is 7.32. The second kappa shape index (κ2) is 6.82. The lowest BCUT2D eigenvalue weighted by Crippen LogP contribution is -2.26. The van der Waals surface area contributed by atoms with Crippen LogP contribution < -0.4 is 0 Å². The molecule has 0 atom stereocenters. The molecule has 0 aliphatic carbocycles. The number of aliphatic hydroxyl groups excluding tert-OH is 1. The number of aliphatic hydroxyl groups is 1. The highest BCUT2D eigenvalue weighted by molar-refractivity contribution is 5.81. The van der Waals surface area contributed by atoms with E-state index in [0.717, 1.165) is 6.08 Å². The molecule has 0 radical (unpaired) electrons. The van der Waals surface area contributed by atoms with E-state index in [-0.39, 0.29) is 6.61 Å². The molecular weight excluding hydrogens is 158 g/mol. The van der Waals surface area contributed by atoms with E-state index in [2.05, 4.69) is 6.58 Å². The van der Waals surface area contributed by atoms with Gasteiger partial charge in [0.15, 0.2) is 0 Å². The van der Waals surface area contributed by atoms with Gasteiger partial charge in [-0.2, -0.15) is 0 Å². The Morgan fingerprint density at radius 1 is 1.67 bits per heavy atom. The Labute approximate surface area is 72.4 Å². The van der Waals surface area contributed by atoms with Gasteiger partial charge in [-0.25, -0.2) is 4.79 Å². The lowest BCUT2D eigenvalue weighted by Gasteiger charge is -2.13. The maximum Gasteiger partial charge on any atom is 0.330 e. The van der Waals surface area contributed by atoms with E-state index in [0.29, 0.717) is 19.7 Å². The van der Waals surface area contributed by atoms with Gasteiger partial charge in [-0.15, -0.1) is 0 Å². The van der Waals surface area contributed by atoms with E-state index in [1.165, 1.54) is 0 Å². The number of carbonyl (C=O) groups excluding carboxylic acids is 1. The molecule has 0 fully saturated rings. The molecule has 70 valence electrons. The number of hydrogen-bond acceptors (Lipinski definition) is 4. The molecule has 0 bridgehead atoms. The minimum absolute atomic E-state index is 0.117. The van der Waals surface area contributed by atoms with E-state index in [4.69, 9.17) is 9.84 Å². The number of likely N-dealkylation sites (N-methyl/N-ethyl adjacent to an activating group) is 1. The summed E-state index contributed by atoms with van der Waals surface area (Å²) >= 11 is 0. The molecular formula is C8H15NO3. The van der Waals surface area contributed by atoms with Gasteiger partial charge in [0.25, 0.3) is 0 Å². The molecule has 0 aliphatic heterocycles. The van der Waals surface area contributed by atoms with E-state index in [9.17, 15) is 4.79 Å². The zero-order chi connectivity index (χ0) is 9.40. The average Bonchev–Trinajstić information content (AvgIpc) is 2.04. The summed E-state index contributed by atoms with van der Waals surface area (Å²) in [6.45, 7) is 4.93. The summed E-state index contributed by atoms with van der Waals surface area (Å²) in [6, 6.07) is 0. The second-order valence-electron chi connectivity index (χ2n) is 2.40. The van der Waals surface area contributed by atoms with Crippen LogP contribution in [0.1, 0.15) is 0 Å². The lowest BCUT2D eigenvalue weighted by atomic mass is 10.5. The van der Waals surface area contributed by atoms with Gasteiger partial charge < -0.3 is 14.7 Å². The number of hydrogen-bond donors (Lipinski definition) is 1. The van der Waals surface area contributed by atoms with Crippen LogP contribution in [-0.2, 0) is 9.53 Å². The third-order valence-corrected chi connectivity index (χ3v) is 1.37. The third kappa shape index (κ3) is 5.88. The van der Waals surface area contributed by atoms with Crippen molar-refractivity contribution in [2.75, 3.05) is 33.4 Å². The van der Waals surface area contributed by atoms with Gasteiger partial charge in [-0.1, -0.05) is 6.58 Å². The van der Waals surface area contributed by atoms with E-state index in [1.54, 1.807) is 0 Å². The Morgan fingerprint density at radius 3 is 2.83 bits per heavy atom. The molecule has 0 rings (SSSR count). The molecule has 4 heteroatoms. The first-order valence-electron chi connectivity index (χ1n) is 3.79. The summed E-state index contributed by atoms with van der Waals surface area (Å²) in [5, 5.41) is 8.53. The standard InChI is InChI=1S/C8H15NO3/c1-3-8(11)12-7-5-9(2)4-6-10/h3,10H,1,4-7H2,2H3. The average molecular weight is 173 g/mol. The number of rotatable bonds is 6. The lowest BCUT2D eigenvalue weighted by molar-refractivity contribution is -0.138. The Morgan fingerprint density at radius 2 is 2.33 bits per heavy atom. The van der Waals surface area contributed by atoms with Crippen LogP contribution in [0.4, 0.5) is 0 Å². The smallest absolute Gasteiger partial charge is 0.330 e. The third-order valence-electron chi connectivity index (χ3n) is 1.37. The fourth-order valence-electron chi connectivity index (χ4n) is 0.644. The Kier molecular flexibility index (Phi) is 6.32. The molecule has 0 aliphatic rings. The van der Waals surface area contributed by atoms with Crippen molar-refractivity contribution in [1.29, 1.82) is 0 Å². The molecule has 0 heterocycles. The largest absolute Gasteiger partial charge is 0.461 e. The van der Waals surface area contributed by atoms with Crippen LogP contribution in [0.5, 0.6) is 0 Å². The van der Waals surface area contributed by atoms with Gasteiger partial charge in [-0.3, -0.25) is 0 Å². The SMILES string of the molecule is C=CC(=O)OCCN(C)CCO. The maximum atomic E-state index is 10.5. The zero-order valence-electron chi connectivity index (χ0n) is 7.32. The van der Waals surface area contributed by atoms with Crippen LogP contribution >= 0.6 is 0 Å². The Hall–Kier alpha value is -0.870. The fraction of sp³-hybridized carbons (Fsp3) is 0.625. The van der Waals surface area contributed by atoms with E-state index < -0.39 is 5.97 Å². The van der Waals surface area contributed by atoms with Gasteiger partial charge in [0.05, 0.1) is 6.61 Å². The molecule has 0 saturated carbocycles. The molecule has 0 amide bonds. The van der Waals surface area contributed by atoms with Crippen molar-refractivity contribution in [3.8, 4) is 0 Å². The van der Waals surface area contributed by atoms with Crippen LogP contribution in [0.15, 0.2) is 12.7 Å². The van der Waals surface area contributed by atoms with Crippen molar-refractivity contribution in [3.63, 3.8) is 0 Å². The first kappa shape index (κ1) is 11.1. The van der Waals surface area contributed by atoms with Crippen LogP contribution in [-0.4, -0.2) is 49.3 Å². The summed E-state index contributed by atoms with van der Waals surface area (Å²) in [4.78, 5) is 12.4. The number of esters is 1. The molecule has 4 nitrogen and oxygen atoms in total. The molecule has 1 N–H and O–H groups in total. The predicted octanol–water partition coefficient (Wildman–Crippen LogP) is -0.360. The molecule has 0 aromatic heterocycles. The van der Waals surface area contributed by atoms with E-state index in [1.807, 2.05) is 11.9 Å². The van der Waals surface area contributed by atoms with Crippen LogP contribution in [0.2, 0.25) is 0 Å². The maximum absolute atomic E-state index is 10.5. The van der Waals surface area contributed by atoms with Gasteiger partial charge in [0.1, 0.15) is 6.61 Å². The van der Waals surface area contributed by atoms with Crippen molar-refractivity contribution < 1.29 is 14.6 Å². The molecule has 12 heavy (non-hydrogen) atoms.